The SMILES string of the molecule is CCC1(CC)C(N)CC1OC1CCCC(C)C1. The summed E-state index contributed by atoms with van der Waals surface area (Å²) in [5, 5.41) is 0. The van der Waals surface area contributed by atoms with Crippen LogP contribution >= 0.6 is 0 Å². The topological polar surface area (TPSA) is 35.2 Å². The van der Waals surface area contributed by atoms with Crippen LogP contribution < -0.4 is 5.73 Å². The molecule has 2 nitrogen and oxygen atoms in total. The monoisotopic (exact) mass is 239 g/mol. The number of hydrogen-bond acceptors (Lipinski definition) is 2. The molecule has 2 saturated carbocycles. The molecule has 4 unspecified atom stereocenters. The molecule has 0 spiro atoms. The number of nitrogens with two attached hydrogens (primary N) is 1. The molecule has 0 aromatic heterocycles. The molecule has 17 heavy (non-hydrogen) atoms. The highest BCUT2D eigenvalue weighted by Gasteiger charge is 2.52. The summed E-state index contributed by atoms with van der Waals surface area (Å²) in [6, 6.07) is 0.364. The van der Waals surface area contributed by atoms with Crippen LogP contribution in [-0.4, -0.2) is 18.2 Å². The Morgan fingerprint density at radius 3 is 2.41 bits per heavy atom. The summed E-state index contributed by atoms with van der Waals surface area (Å²) in [4.78, 5) is 0. The number of hydrogen-bond donors (Lipinski definition) is 1. The predicted octanol–water partition coefficient (Wildman–Crippen LogP) is 3.49. The first kappa shape index (κ1) is 13.4. The predicted molar refractivity (Wildman–Crippen MR) is 71.9 cm³/mol. The van der Waals surface area contributed by atoms with E-state index in [-0.39, 0.29) is 5.41 Å². The average Bonchev–Trinajstić information content (AvgIpc) is 2.30. The molecule has 2 aliphatic carbocycles. The Morgan fingerprint density at radius 1 is 1.18 bits per heavy atom. The third-order valence-corrected chi connectivity index (χ3v) is 5.41. The molecule has 2 fully saturated rings. The Kier molecular flexibility index (Phi) is 4.14. The fourth-order valence-corrected chi connectivity index (χ4v) is 3.93. The van der Waals surface area contributed by atoms with E-state index in [1.165, 1.54) is 25.7 Å². The highest BCUT2D eigenvalue weighted by molar-refractivity contribution is 5.05. The summed E-state index contributed by atoms with van der Waals surface area (Å²) < 4.78 is 6.39. The Labute approximate surface area is 106 Å². The van der Waals surface area contributed by atoms with E-state index < -0.39 is 0 Å². The Bertz CT molecular complexity index is 249. The van der Waals surface area contributed by atoms with Crippen LogP contribution in [0.5, 0.6) is 0 Å². The lowest BCUT2D eigenvalue weighted by Gasteiger charge is -2.55. The fourth-order valence-electron chi connectivity index (χ4n) is 3.93. The molecule has 0 amide bonds. The van der Waals surface area contributed by atoms with Gasteiger partial charge in [-0.2, -0.15) is 0 Å². The van der Waals surface area contributed by atoms with Crippen molar-refractivity contribution in [3.8, 4) is 0 Å². The van der Waals surface area contributed by atoms with Crippen molar-refractivity contribution in [1.82, 2.24) is 0 Å². The van der Waals surface area contributed by atoms with Crippen LogP contribution in [0.2, 0.25) is 0 Å². The van der Waals surface area contributed by atoms with Gasteiger partial charge in [-0.3, -0.25) is 0 Å². The standard InChI is InChI=1S/C15H29NO/c1-4-15(5-2)13(16)10-14(15)17-12-8-6-7-11(3)9-12/h11-14H,4-10,16H2,1-3H3. The van der Waals surface area contributed by atoms with Crippen molar-refractivity contribution in [2.75, 3.05) is 0 Å². The molecule has 2 aliphatic rings. The lowest BCUT2D eigenvalue weighted by atomic mass is 9.59. The molecule has 2 heteroatoms. The van der Waals surface area contributed by atoms with E-state index in [1.807, 2.05) is 0 Å². The van der Waals surface area contributed by atoms with Crippen LogP contribution in [0.3, 0.4) is 0 Å². The maximum atomic E-state index is 6.39. The second-order valence-electron chi connectivity index (χ2n) is 6.30. The molecule has 0 saturated heterocycles. The van der Waals surface area contributed by atoms with Crippen molar-refractivity contribution in [2.45, 2.75) is 84.0 Å². The summed E-state index contributed by atoms with van der Waals surface area (Å²) in [5.74, 6) is 0.847. The molecule has 0 radical (unpaired) electrons. The van der Waals surface area contributed by atoms with Gasteiger partial charge in [0.05, 0.1) is 12.2 Å². The number of rotatable bonds is 4. The van der Waals surface area contributed by atoms with Crippen LogP contribution in [0.25, 0.3) is 0 Å². The van der Waals surface area contributed by atoms with Gasteiger partial charge in [-0.1, -0.05) is 33.6 Å². The normalized spacial score (nSPS) is 40.9. The van der Waals surface area contributed by atoms with Crippen molar-refractivity contribution in [3.63, 3.8) is 0 Å². The molecule has 4 atom stereocenters. The molecular weight excluding hydrogens is 210 g/mol. The molecule has 100 valence electrons. The third kappa shape index (κ3) is 2.39. The first-order valence-electron chi connectivity index (χ1n) is 7.53. The fraction of sp³-hybridized carbons (Fsp3) is 1.00. The van der Waals surface area contributed by atoms with Gasteiger partial charge in [0.15, 0.2) is 0 Å². The summed E-state index contributed by atoms with van der Waals surface area (Å²) >= 11 is 0. The largest absolute Gasteiger partial charge is 0.374 e. The summed E-state index contributed by atoms with van der Waals surface area (Å²) in [5.41, 5.74) is 6.50. The van der Waals surface area contributed by atoms with E-state index >= 15 is 0 Å². The van der Waals surface area contributed by atoms with Crippen molar-refractivity contribution >= 4 is 0 Å². The van der Waals surface area contributed by atoms with E-state index in [2.05, 4.69) is 20.8 Å². The zero-order chi connectivity index (χ0) is 12.5. The Balaban J connectivity index is 1.91. The molecule has 0 aliphatic heterocycles. The zero-order valence-corrected chi connectivity index (χ0v) is 11.7. The highest BCUT2D eigenvalue weighted by Crippen LogP contribution is 2.48. The molecule has 0 bridgehead atoms. The Hall–Kier alpha value is -0.0800. The second kappa shape index (κ2) is 5.27. The number of ether oxygens (including phenoxy) is 1. The van der Waals surface area contributed by atoms with E-state index in [1.54, 1.807) is 0 Å². The minimum Gasteiger partial charge on any atom is -0.374 e. The summed E-state index contributed by atoms with van der Waals surface area (Å²) in [6.07, 6.45) is 9.60. The smallest absolute Gasteiger partial charge is 0.0664 e. The quantitative estimate of drug-likeness (QED) is 0.815. The maximum Gasteiger partial charge on any atom is 0.0664 e. The van der Waals surface area contributed by atoms with Gasteiger partial charge in [0.1, 0.15) is 0 Å². The minimum absolute atomic E-state index is 0.278. The zero-order valence-electron chi connectivity index (χ0n) is 11.7. The van der Waals surface area contributed by atoms with Crippen LogP contribution in [0.15, 0.2) is 0 Å². The van der Waals surface area contributed by atoms with Gasteiger partial charge in [0, 0.05) is 11.5 Å². The first-order chi connectivity index (χ1) is 8.12. The van der Waals surface area contributed by atoms with E-state index in [4.69, 9.17) is 10.5 Å². The second-order valence-corrected chi connectivity index (χ2v) is 6.30. The highest BCUT2D eigenvalue weighted by atomic mass is 16.5. The molecule has 0 heterocycles. The van der Waals surface area contributed by atoms with Gasteiger partial charge in [0.25, 0.3) is 0 Å². The molecule has 2 N–H and O–H groups in total. The average molecular weight is 239 g/mol. The van der Waals surface area contributed by atoms with Crippen molar-refractivity contribution in [3.05, 3.63) is 0 Å². The molecule has 0 aromatic carbocycles. The van der Waals surface area contributed by atoms with Gasteiger partial charge in [0.2, 0.25) is 0 Å². The van der Waals surface area contributed by atoms with Gasteiger partial charge in [-0.05, 0) is 38.0 Å². The van der Waals surface area contributed by atoms with E-state index in [0.29, 0.717) is 18.2 Å². The first-order valence-corrected chi connectivity index (χ1v) is 7.53. The molecule has 2 rings (SSSR count). The summed E-state index contributed by atoms with van der Waals surface area (Å²) in [7, 11) is 0. The maximum absolute atomic E-state index is 6.39. The lowest BCUT2D eigenvalue weighted by molar-refractivity contribution is -0.167. The van der Waals surface area contributed by atoms with Crippen molar-refractivity contribution in [1.29, 1.82) is 0 Å². The summed E-state index contributed by atoms with van der Waals surface area (Å²) in [6.45, 7) is 6.89. The lowest BCUT2D eigenvalue weighted by Crippen LogP contribution is -2.62. The van der Waals surface area contributed by atoms with Crippen LogP contribution in [0.1, 0.15) is 65.7 Å². The van der Waals surface area contributed by atoms with Gasteiger partial charge in [-0.15, -0.1) is 0 Å². The van der Waals surface area contributed by atoms with Crippen LogP contribution in [-0.2, 0) is 4.74 Å². The van der Waals surface area contributed by atoms with Crippen LogP contribution in [0, 0.1) is 11.3 Å². The van der Waals surface area contributed by atoms with Gasteiger partial charge in [-0.25, -0.2) is 0 Å². The van der Waals surface area contributed by atoms with Gasteiger partial charge >= 0.3 is 0 Å². The minimum atomic E-state index is 0.278. The molecular formula is C15H29NO. The Morgan fingerprint density at radius 2 is 1.88 bits per heavy atom. The van der Waals surface area contributed by atoms with Crippen LogP contribution in [0.4, 0.5) is 0 Å². The van der Waals surface area contributed by atoms with E-state index in [9.17, 15) is 0 Å². The van der Waals surface area contributed by atoms with E-state index in [0.717, 1.165) is 25.2 Å². The molecule has 0 aromatic rings. The van der Waals surface area contributed by atoms with Gasteiger partial charge < -0.3 is 10.5 Å². The van der Waals surface area contributed by atoms with Crippen molar-refractivity contribution in [2.24, 2.45) is 17.1 Å². The third-order valence-electron chi connectivity index (χ3n) is 5.41. The van der Waals surface area contributed by atoms with Crippen molar-refractivity contribution < 1.29 is 4.74 Å².